The Hall–Kier alpha value is -2.83. The number of carbonyl (C=O) groups is 3. The molecule has 0 aromatic heterocycles. The summed E-state index contributed by atoms with van der Waals surface area (Å²) < 4.78 is 0. The first-order chi connectivity index (χ1) is 13.5. The van der Waals surface area contributed by atoms with E-state index in [2.05, 4.69) is 10.6 Å². The van der Waals surface area contributed by atoms with E-state index < -0.39 is 6.04 Å². The number of likely N-dealkylation sites (tertiary alicyclic amines) is 2. The SMILES string of the molecule is O=C1NCC(C(=O)N2CCC3(CC2)CC(=O)N(CC=Cc2ccccc2)C3)N1. The van der Waals surface area contributed by atoms with Gasteiger partial charge < -0.3 is 20.4 Å². The lowest BCUT2D eigenvalue weighted by molar-refractivity contribution is -0.134. The van der Waals surface area contributed by atoms with Crippen molar-refractivity contribution in [1.29, 1.82) is 0 Å². The highest BCUT2D eigenvalue weighted by Gasteiger charge is 2.45. The van der Waals surface area contributed by atoms with Crippen molar-refractivity contribution < 1.29 is 14.4 Å². The molecule has 4 amide bonds. The zero-order valence-corrected chi connectivity index (χ0v) is 15.9. The van der Waals surface area contributed by atoms with Crippen LogP contribution in [0.1, 0.15) is 24.8 Å². The van der Waals surface area contributed by atoms with Crippen molar-refractivity contribution in [3.05, 3.63) is 42.0 Å². The fraction of sp³-hybridized carbons (Fsp3) is 0.476. The molecule has 3 aliphatic heterocycles. The lowest BCUT2D eigenvalue weighted by Gasteiger charge is -2.39. The highest BCUT2D eigenvalue weighted by atomic mass is 16.2. The van der Waals surface area contributed by atoms with Crippen LogP contribution < -0.4 is 10.6 Å². The molecule has 7 nitrogen and oxygen atoms in total. The summed E-state index contributed by atoms with van der Waals surface area (Å²) in [5.74, 6) is 0.171. The molecule has 0 radical (unpaired) electrons. The first-order valence-electron chi connectivity index (χ1n) is 9.87. The van der Waals surface area contributed by atoms with Crippen LogP contribution in [-0.2, 0) is 9.59 Å². The monoisotopic (exact) mass is 382 g/mol. The summed E-state index contributed by atoms with van der Waals surface area (Å²) in [6.07, 6.45) is 6.31. The van der Waals surface area contributed by atoms with Gasteiger partial charge in [-0.05, 0) is 18.4 Å². The summed E-state index contributed by atoms with van der Waals surface area (Å²) in [5, 5.41) is 5.28. The maximum atomic E-state index is 12.5. The molecule has 2 N–H and O–H groups in total. The molecule has 0 saturated carbocycles. The number of nitrogens with zero attached hydrogens (tertiary/aromatic N) is 2. The number of urea groups is 1. The average molecular weight is 382 g/mol. The fourth-order valence-electron chi connectivity index (χ4n) is 4.39. The molecule has 3 aliphatic rings. The number of piperidine rings is 1. The van der Waals surface area contributed by atoms with Crippen LogP contribution in [-0.4, -0.2) is 66.4 Å². The van der Waals surface area contributed by atoms with Crippen LogP contribution in [0.4, 0.5) is 4.79 Å². The number of hydrogen-bond donors (Lipinski definition) is 2. The van der Waals surface area contributed by atoms with Crippen LogP contribution in [0.3, 0.4) is 0 Å². The molecule has 1 unspecified atom stereocenters. The summed E-state index contributed by atoms with van der Waals surface area (Å²) >= 11 is 0. The predicted octanol–water partition coefficient (Wildman–Crippen LogP) is 1.22. The molecule has 1 atom stereocenters. The van der Waals surface area contributed by atoms with Gasteiger partial charge in [0.15, 0.2) is 0 Å². The number of hydrogen-bond acceptors (Lipinski definition) is 3. The Balaban J connectivity index is 1.29. The van der Waals surface area contributed by atoms with Gasteiger partial charge in [0.25, 0.3) is 0 Å². The third-order valence-corrected chi connectivity index (χ3v) is 6.05. The normalized spacial score (nSPS) is 24.1. The van der Waals surface area contributed by atoms with Gasteiger partial charge in [0, 0.05) is 44.6 Å². The number of amides is 4. The van der Waals surface area contributed by atoms with Crippen LogP contribution in [0.5, 0.6) is 0 Å². The van der Waals surface area contributed by atoms with Gasteiger partial charge in [0.1, 0.15) is 6.04 Å². The Bertz CT molecular complexity index is 784. The number of rotatable bonds is 4. The maximum Gasteiger partial charge on any atom is 0.315 e. The van der Waals surface area contributed by atoms with Crippen molar-refractivity contribution in [3.8, 4) is 0 Å². The molecule has 1 spiro atoms. The van der Waals surface area contributed by atoms with E-state index >= 15 is 0 Å². The molecule has 3 saturated heterocycles. The van der Waals surface area contributed by atoms with Crippen LogP contribution in [0.15, 0.2) is 36.4 Å². The van der Waals surface area contributed by atoms with Gasteiger partial charge in [-0.15, -0.1) is 0 Å². The van der Waals surface area contributed by atoms with Crippen LogP contribution in [0.2, 0.25) is 0 Å². The fourth-order valence-corrected chi connectivity index (χ4v) is 4.39. The lowest BCUT2D eigenvalue weighted by atomic mass is 9.77. The Morgan fingerprint density at radius 3 is 2.61 bits per heavy atom. The molecule has 1 aromatic rings. The molecule has 0 bridgehead atoms. The molecule has 148 valence electrons. The highest BCUT2D eigenvalue weighted by molar-refractivity contribution is 5.90. The van der Waals surface area contributed by atoms with Gasteiger partial charge in [-0.3, -0.25) is 9.59 Å². The van der Waals surface area contributed by atoms with Crippen molar-refractivity contribution in [1.82, 2.24) is 20.4 Å². The minimum Gasteiger partial charge on any atom is -0.341 e. The highest BCUT2D eigenvalue weighted by Crippen LogP contribution is 2.41. The third-order valence-electron chi connectivity index (χ3n) is 6.05. The Morgan fingerprint density at radius 2 is 1.93 bits per heavy atom. The zero-order chi connectivity index (χ0) is 19.6. The second-order valence-corrected chi connectivity index (χ2v) is 8.00. The first kappa shape index (κ1) is 18.5. The van der Waals surface area contributed by atoms with Gasteiger partial charge >= 0.3 is 6.03 Å². The summed E-state index contributed by atoms with van der Waals surface area (Å²) in [7, 11) is 0. The predicted molar refractivity (Wildman–Crippen MR) is 105 cm³/mol. The molecule has 3 fully saturated rings. The third kappa shape index (κ3) is 3.88. The molecule has 0 aliphatic carbocycles. The molecule has 7 heteroatoms. The molecular weight excluding hydrogens is 356 g/mol. The van der Waals surface area contributed by atoms with E-state index in [1.165, 1.54) is 0 Å². The van der Waals surface area contributed by atoms with Crippen LogP contribution in [0.25, 0.3) is 6.08 Å². The van der Waals surface area contributed by atoms with Crippen molar-refractivity contribution in [2.24, 2.45) is 5.41 Å². The van der Waals surface area contributed by atoms with E-state index in [1.54, 1.807) is 0 Å². The minimum absolute atomic E-state index is 0.0222. The summed E-state index contributed by atoms with van der Waals surface area (Å²) in [5.41, 5.74) is 1.11. The largest absolute Gasteiger partial charge is 0.341 e. The van der Waals surface area contributed by atoms with Gasteiger partial charge in [-0.2, -0.15) is 0 Å². The van der Waals surface area contributed by atoms with E-state index in [4.69, 9.17) is 0 Å². The van der Waals surface area contributed by atoms with Crippen molar-refractivity contribution in [2.75, 3.05) is 32.7 Å². The Labute approximate surface area is 164 Å². The Morgan fingerprint density at radius 1 is 1.18 bits per heavy atom. The molecule has 4 rings (SSSR count). The van der Waals surface area contributed by atoms with E-state index in [1.807, 2.05) is 52.3 Å². The van der Waals surface area contributed by atoms with E-state index in [9.17, 15) is 14.4 Å². The second-order valence-electron chi connectivity index (χ2n) is 8.00. The van der Waals surface area contributed by atoms with E-state index in [0.29, 0.717) is 32.6 Å². The van der Waals surface area contributed by atoms with Crippen molar-refractivity contribution in [2.45, 2.75) is 25.3 Å². The van der Waals surface area contributed by atoms with Crippen LogP contribution in [0, 0.1) is 5.41 Å². The van der Waals surface area contributed by atoms with Crippen molar-refractivity contribution >= 4 is 23.9 Å². The molecular formula is C21H26N4O3. The second kappa shape index (κ2) is 7.66. The first-order valence-corrected chi connectivity index (χ1v) is 9.87. The topological polar surface area (TPSA) is 81.8 Å². The van der Waals surface area contributed by atoms with E-state index in [0.717, 1.165) is 24.9 Å². The molecule has 28 heavy (non-hydrogen) atoms. The van der Waals surface area contributed by atoms with Gasteiger partial charge in [-0.1, -0.05) is 42.5 Å². The average Bonchev–Trinajstić information content (AvgIpc) is 3.26. The number of benzene rings is 1. The van der Waals surface area contributed by atoms with Gasteiger partial charge in [0.2, 0.25) is 11.8 Å². The summed E-state index contributed by atoms with van der Waals surface area (Å²) in [4.78, 5) is 40.1. The zero-order valence-electron chi connectivity index (χ0n) is 15.9. The molecule has 3 heterocycles. The lowest BCUT2D eigenvalue weighted by Crippen LogP contribution is -2.50. The minimum atomic E-state index is -0.466. The number of carbonyl (C=O) groups excluding carboxylic acids is 3. The molecule has 1 aromatic carbocycles. The quantitative estimate of drug-likeness (QED) is 0.822. The Kier molecular flexibility index (Phi) is 5.07. The van der Waals surface area contributed by atoms with Crippen molar-refractivity contribution in [3.63, 3.8) is 0 Å². The van der Waals surface area contributed by atoms with Gasteiger partial charge in [0.05, 0.1) is 0 Å². The van der Waals surface area contributed by atoms with Gasteiger partial charge in [-0.25, -0.2) is 4.79 Å². The number of nitrogens with one attached hydrogen (secondary N) is 2. The standard InChI is InChI=1S/C21H26N4O3/c26-18-13-21(15-25(18)10-4-7-16-5-2-1-3-6-16)8-11-24(12-9-21)19(27)17-14-22-20(28)23-17/h1-7,17H,8-15H2,(H2,22,23,28). The smallest absolute Gasteiger partial charge is 0.315 e. The summed E-state index contributed by atoms with van der Waals surface area (Å²) in [6, 6.07) is 9.31. The summed E-state index contributed by atoms with van der Waals surface area (Å²) in [6.45, 7) is 3.02. The maximum absolute atomic E-state index is 12.5. The van der Waals surface area contributed by atoms with Crippen LogP contribution >= 0.6 is 0 Å². The van der Waals surface area contributed by atoms with E-state index in [-0.39, 0.29) is 23.3 Å².